The molecule has 2 heterocycles. The molecule has 0 aliphatic carbocycles. The predicted octanol–water partition coefficient (Wildman–Crippen LogP) is -0.880. The van der Waals surface area contributed by atoms with Gasteiger partial charge in [-0.25, -0.2) is 4.57 Å². The van der Waals surface area contributed by atoms with E-state index in [2.05, 4.69) is 14.5 Å². The molecule has 1 aromatic heterocycles. The lowest BCUT2D eigenvalue weighted by Crippen LogP contribution is -2.45. The maximum atomic E-state index is 11.2. The van der Waals surface area contributed by atoms with E-state index in [4.69, 9.17) is 25.8 Å². The molecule has 5 N–H and O–H groups in total. The number of primary amides is 1. The van der Waals surface area contributed by atoms with Crippen LogP contribution in [0.15, 0.2) is 29.6 Å². The molecule has 13 heteroatoms. The minimum absolute atomic E-state index is 0.158. The highest BCUT2D eigenvalue weighted by atomic mass is 31.2. The average molecular weight is 360 g/mol. The Labute approximate surface area is 135 Å². The Balaban J connectivity index is 2.27. The van der Waals surface area contributed by atoms with Crippen molar-refractivity contribution in [2.75, 3.05) is 6.61 Å². The summed E-state index contributed by atoms with van der Waals surface area (Å²) in [7, 11) is -4.75. The van der Waals surface area contributed by atoms with E-state index in [9.17, 15) is 14.5 Å². The van der Waals surface area contributed by atoms with Gasteiger partial charge in [0.25, 0.3) is 12.1 Å². The van der Waals surface area contributed by atoms with E-state index < -0.39 is 44.8 Å². The summed E-state index contributed by atoms with van der Waals surface area (Å²) in [6.07, 6.45) is -0.701. The van der Waals surface area contributed by atoms with Gasteiger partial charge >= 0.3 is 7.82 Å². The van der Waals surface area contributed by atoms with Crippen molar-refractivity contribution in [1.29, 1.82) is 0 Å². The molecule has 4 atom stereocenters. The third-order valence-corrected chi connectivity index (χ3v) is 3.82. The van der Waals surface area contributed by atoms with Gasteiger partial charge in [-0.15, -0.1) is 0 Å². The first-order valence-electron chi connectivity index (χ1n) is 6.61. The lowest BCUT2D eigenvalue weighted by atomic mass is 10.1. The third kappa shape index (κ3) is 4.28. The quantitative estimate of drug-likeness (QED) is 0.166. The number of nitrogens with two attached hydrogens (primary N) is 1. The highest BCUT2D eigenvalue weighted by Gasteiger charge is 2.49. The van der Waals surface area contributed by atoms with Crippen LogP contribution in [0.4, 0.5) is 0 Å². The van der Waals surface area contributed by atoms with Crippen molar-refractivity contribution in [3.8, 4) is 0 Å². The van der Waals surface area contributed by atoms with Crippen LogP contribution in [0.2, 0.25) is 0 Å². The fourth-order valence-corrected chi connectivity index (χ4v) is 2.61. The molecular weight excluding hydrogens is 345 g/mol. The normalized spacial score (nSPS) is 26.8. The molecule has 1 aliphatic rings. The summed E-state index contributed by atoms with van der Waals surface area (Å²) in [4.78, 5) is 31.3. The van der Waals surface area contributed by atoms with E-state index in [1.807, 2.05) is 0 Å². The van der Waals surface area contributed by atoms with Crippen LogP contribution in [-0.2, 0) is 13.8 Å². The smallest absolute Gasteiger partial charge is 0.389 e. The van der Waals surface area contributed by atoms with Gasteiger partial charge in [-0.2, -0.15) is 4.57 Å². The topological polar surface area (TPSA) is 192 Å². The van der Waals surface area contributed by atoms with Crippen molar-refractivity contribution in [2.45, 2.75) is 24.5 Å². The molecule has 0 bridgehead atoms. The molecule has 1 fully saturated rings. The number of carbonyl (C=O) groups excluding carboxylic acids is 1. The molecule has 1 saturated heterocycles. The molecule has 0 spiro atoms. The summed E-state index contributed by atoms with van der Waals surface area (Å²) < 4.78 is 21.9. The van der Waals surface area contributed by atoms with Gasteiger partial charge in [0, 0.05) is 11.0 Å². The van der Waals surface area contributed by atoms with Crippen LogP contribution < -0.4 is 10.3 Å². The average Bonchev–Trinajstić information content (AvgIpc) is 2.82. The van der Waals surface area contributed by atoms with Gasteiger partial charge in [-0.05, 0) is 11.6 Å². The number of aromatic nitrogens is 1. The fourth-order valence-electron chi connectivity index (χ4n) is 2.27. The number of nitrogens with zero attached hydrogens (tertiary/aromatic N) is 4. The summed E-state index contributed by atoms with van der Waals surface area (Å²) in [5.74, 6) is -0.690. The Hall–Kier alpha value is -2.04. The number of ether oxygens (including phenoxy) is 1. The number of hydrogen-bond donors (Lipinski definition) is 4. The van der Waals surface area contributed by atoms with Crippen molar-refractivity contribution >= 4 is 13.7 Å². The number of phosphoric acid groups is 1. The van der Waals surface area contributed by atoms with Crippen molar-refractivity contribution in [1.82, 2.24) is 0 Å². The summed E-state index contributed by atoms with van der Waals surface area (Å²) in [5.41, 5.74) is 14.0. The Morgan fingerprint density at radius 3 is 2.88 bits per heavy atom. The minimum atomic E-state index is -4.75. The number of azide groups is 1. The van der Waals surface area contributed by atoms with E-state index in [1.165, 1.54) is 29.1 Å². The maximum Gasteiger partial charge on any atom is 0.469 e. The van der Waals surface area contributed by atoms with E-state index in [0.29, 0.717) is 0 Å². The molecule has 0 radical (unpaired) electrons. The van der Waals surface area contributed by atoms with Gasteiger partial charge < -0.3 is 25.4 Å². The third-order valence-electron chi connectivity index (χ3n) is 3.33. The van der Waals surface area contributed by atoms with Crippen LogP contribution in [0.1, 0.15) is 16.6 Å². The van der Waals surface area contributed by atoms with Crippen molar-refractivity contribution < 1.29 is 38.1 Å². The predicted molar refractivity (Wildman–Crippen MR) is 76.0 cm³/mol. The van der Waals surface area contributed by atoms with Crippen molar-refractivity contribution in [3.05, 3.63) is 40.5 Å². The molecule has 12 nitrogen and oxygen atoms in total. The minimum Gasteiger partial charge on any atom is -0.389 e. The van der Waals surface area contributed by atoms with Gasteiger partial charge in [0.1, 0.15) is 17.8 Å². The van der Waals surface area contributed by atoms with Crippen LogP contribution in [0.5, 0.6) is 0 Å². The van der Waals surface area contributed by atoms with Gasteiger partial charge in [0.15, 0.2) is 18.4 Å². The molecule has 0 aromatic carbocycles. The number of hydrogen-bond acceptors (Lipinski definition) is 6. The second-order valence-corrected chi connectivity index (χ2v) is 6.18. The number of rotatable bonds is 6. The number of aliphatic hydroxyl groups is 1. The number of aliphatic hydroxyl groups excluding tert-OH is 1. The largest absolute Gasteiger partial charge is 0.469 e. The molecular formula is C11H15N5O7P+. The fraction of sp³-hybridized carbons (Fsp3) is 0.455. The summed E-state index contributed by atoms with van der Waals surface area (Å²) in [6, 6.07) is 1.86. The molecule has 130 valence electrons. The zero-order chi connectivity index (χ0) is 17.9. The van der Waals surface area contributed by atoms with Crippen molar-refractivity contribution in [2.24, 2.45) is 10.8 Å². The first-order valence-corrected chi connectivity index (χ1v) is 8.14. The second kappa shape index (κ2) is 7.24. The standard InChI is InChI=1S/C11H14N5O7P/c12-10(18)6-2-1-3-16(4-6)11-8(14-15-13)9(17)7(23-11)5-22-24(19,20)21/h1-4,7-9,11,17H,5H2,(H3-,12,18,19,20,21)/p+1/t7-,8?,9-,11-/m1/s1. The SMILES string of the molecule is [N-]=[N+]=NC1[C@H]([n+]2cccc(C(N)=O)c2)O[C@H](COP(=O)(O)O)[C@H]1O. The summed E-state index contributed by atoms with van der Waals surface area (Å²) >= 11 is 0. The zero-order valence-corrected chi connectivity index (χ0v) is 13.0. The van der Waals surface area contributed by atoms with Crippen LogP contribution >= 0.6 is 7.82 Å². The van der Waals surface area contributed by atoms with E-state index in [1.54, 1.807) is 0 Å². The lowest BCUT2D eigenvalue weighted by Gasteiger charge is -2.14. The zero-order valence-electron chi connectivity index (χ0n) is 12.1. The maximum absolute atomic E-state index is 11.2. The highest BCUT2D eigenvalue weighted by molar-refractivity contribution is 7.46. The Morgan fingerprint density at radius 1 is 1.58 bits per heavy atom. The number of carbonyl (C=O) groups is 1. The van der Waals surface area contributed by atoms with Crippen molar-refractivity contribution in [3.63, 3.8) is 0 Å². The van der Waals surface area contributed by atoms with Gasteiger partial charge in [-0.3, -0.25) is 9.32 Å². The first-order chi connectivity index (χ1) is 11.2. The Bertz CT molecular complexity index is 718. The Morgan fingerprint density at radius 2 is 2.29 bits per heavy atom. The van der Waals surface area contributed by atoms with E-state index in [-0.39, 0.29) is 5.56 Å². The van der Waals surface area contributed by atoms with Crippen LogP contribution in [0.25, 0.3) is 10.4 Å². The van der Waals surface area contributed by atoms with Gasteiger partial charge in [-0.1, -0.05) is 5.11 Å². The number of pyridine rings is 1. The monoisotopic (exact) mass is 360 g/mol. The molecule has 1 aliphatic heterocycles. The highest BCUT2D eigenvalue weighted by Crippen LogP contribution is 2.38. The number of phosphoric ester groups is 1. The Kier molecular flexibility index (Phi) is 5.52. The molecule has 0 saturated carbocycles. The van der Waals surface area contributed by atoms with E-state index >= 15 is 0 Å². The van der Waals surface area contributed by atoms with Gasteiger partial charge in [0.2, 0.25) is 0 Å². The molecule has 1 aromatic rings. The summed E-state index contributed by atoms with van der Waals surface area (Å²) in [5, 5.41) is 13.6. The van der Waals surface area contributed by atoms with E-state index in [0.717, 1.165) is 0 Å². The lowest BCUT2D eigenvalue weighted by molar-refractivity contribution is -0.760. The van der Waals surface area contributed by atoms with Gasteiger partial charge in [0.05, 0.1) is 6.61 Å². The first kappa shape index (κ1) is 18.3. The number of amides is 1. The summed E-state index contributed by atoms with van der Waals surface area (Å²) in [6.45, 7) is -0.616. The second-order valence-electron chi connectivity index (χ2n) is 4.94. The van der Waals surface area contributed by atoms with Crippen LogP contribution in [0, 0.1) is 0 Å². The van der Waals surface area contributed by atoms with Crippen LogP contribution in [0.3, 0.4) is 0 Å². The molecule has 1 unspecified atom stereocenters. The molecule has 2 rings (SSSR count). The molecule has 24 heavy (non-hydrogen) atoms. The molecule has 1 amide bonds. The van der Waals surface area contributed by atoms with Crippen LogP contribution in [-0.4, -0.2) is 45.7 Å².